The Hall–Kier alpha value is -1.18. The van der Waals surface area contributed by atoms with Gasteiger partial charge in [0.05, 0.1) is 0 Å². The van der Waals surface area contributed by atoms with Gasteiger partial charge in [0.2, 0.25) is 0 Å². The molecule has 0 N–H and O–H groups in total. The predicted octanol–water partition coefficient (Wildman–Crippen LogP) is 4.15. The van der Waals surface area contributed by atoms with Crippen molar-refractivity contribution >= 4 is 5.78 Å². The van der Waals surface area contributed by atoms with E-state index in [1.807, 2.05) is 0 Å². The van der Waals surface area contributed by atoms with E-state index in [2.05, 4.69) is 6.92 Å². The van der Waals surface area contributed by atoms with Crippen molar-refractivity contribution < 1.29 is 9.18 Å². The van der Waals surface area contributed by atoms with Gasteiger partial charge < -0.3 is 0 Å². The number of hydrogen-bond donors (Lipinski definition) is 0. The van der Waals surface area contributed by atoms with Crippen LogP contribution >= 0.6 is 0 Å². The number of halogens is 1. The van der Waals surface area contributed by atoms with Gasteiger partial charge in [-0.25, -0.2) is 4.39 Å². The molecule has 1 aliphatic rings. The molecule has 1 aliphatic carbocycles. The van der Waals surface area contributed by atoms with E-state index in [0.717, 1.165) is 25.7 Å². The van der Waals surface area contributed by atoms with Crippen LogP contribution in [0, 0.1) is 17.7 Å². The topological polar surface area (TPSA) is 17.1 Å². The molecule has 0 aromatic heterocycles. The van der Waals surface area contributed by atoms with Gasteiger partial charge in [-0.2, -0.15) is 0 Å². The summed E-state index contributed by atoms with van der Waals surface area (Å²) in [6.07, 6.45) is 5.80. The predicted molar refractivity (Wildman–Crippen MR) is 70.9 cm³/mol. The van der Waals surface area contributed by atoms with Crippen LogP contribution in [-0.4, -0.2) is 5.78 Å². The summed E-state index contributed by atoms with van der Waals surface area (Å²) in [6, 6.07) is 6.60. The number of hydrogen-bond acceptors (Lipinski definition) is 1. The molecule has 1 nitrogen and oxygen atoms in total. The number of benzene rings is 1. The Labute approximate surface area is 108 Å². The van der Waals surface area contributed by atoms with Gasteiger partial charge >= 0.3 is 0 Å². The summed E-state index contributed by atoms with van der Waals surface area (Å²) < 4.78 is 13.5. The van der Waals surface area contributed by atoms with Gasteiger partial charge in [-0.1, -0.05) is 44.4 Å². The molecule has 1 saturated carbocycles. The minimum atomic E-state index is -0.256. The maximum atomic E-state index is 13.5. The zero-order chi connectivity index (χ0) is 13.0. The molecule has 98 valence electrons. The van der Waals surface area contributed by atoms with Crippen LogP contribution in [0.2, 0.25) is 0 Å². The summed E-state index contributed by atoms with van der Waals surface area (Å²) in [4.78, 5) is 12.2. The summed E-state index contributed by atoms with van der Waals surface area (Å²) in [5, 5.41) is 0. The van der Waals surface area contributed by atoms with Crippen molar-refractivity contribution in [3.63, 3.8) is 0 Å². The van der Waals surface area contributed by atoms with Crippen molar-refractivity contribution in [2.24, 2.45) is 11.8 Å². The second-order valence-electron chi connectivity index (χ2n) is 5.37. The fraction of sp³-hybridized carbons (Fsp3) is 0.562. The van der Waals surface area contributed by atoms with Crippen molar-refractivity contribution in [1.29, 1.82) is 0 Å². The Morgan fingerprint density at radius 3 is 2.83 bits per heavy atom. The first-order valence-electron chi connectivity index (χ1n) is 6.96. The SMILES string of the molecule is CCC1CCCC(C(=O)Cc2ccccc2F)C1. The molecular weight excluding hydrogens is 227 g/mol. The zero-order valence-corrected chi connectivity index (χ0v) is 11.0. The molecule has 18 heavy (non-hydrogen) atoms. The minimum absolute atomic E-state index is 0.156. The number of carbonyl (C=O) groups is 1. The van der Waals surface area contributed by atoms with Crippen LogP contribution in [0.1, 0.15) is 44.6 Å². The smallest absolute Gasteiger partial charge is 0.140 e. The molecule has 2 heteroatoms. The highest BCUT2D eigenvalue weighted by molar-refractivity contribution is 5.83. The van der Waals surface area contributed by atoms with Crippen LogP contribution in [0.4, 0.5) is 4.39 Å². The normalized spacial score (nSPS) is 23.9. The van der Waals surface area contributed by atoms with E-state index in [9.17, 15) is 9.18 Å². The maximum Gasteiger partial charge on any atom is 0.140 e. The highest BCUT2D eigenvalue weighted by Crippen LogP contribution is 2.32. The van der Waals surface area contributed by atoms with Crippen molar-refractivity contribution in [3.8, 4) is 0 Å². The van der Waals surface area contributed by atoms with E-state index in [-0.39, 0.29) is 23.9 Å². The average molecular weight is 248 g/mol. The third kappa shape index (κ3) is 3.18. The van der Waals surface area contributed by atoms with Crippen molar-refractivity contribution in [3.05, 3.63) is 35.6 Å². The largest absolute Gasteiger partial charge is 0.299 e. The Balaban J connectivity index is 1.97. The second-order valence-corrected chi connectivity index (χ2v) is 5.37. The van der Waals surface area contributed by atoms with Crippen LogP contribution in [0.15, 0.2) is 24.3 Å². The van der Waals surface area contributed by atoms with Crippen molar-refractivity contribution in [2.45, 2.75) is 45.4 Å². The van der Waals surface area contributed by atoms with Gasteiger partial charge in [-0.15, -0.1) is 0 Å². The molecule has 0 spiro atoms. The van der Waals surface area contributed by atoms with Crippen molar-refractivity contribution in [2.75, 3.05) is 0 Å². The highest BCUT2D eigenvalue weighted by Gasteiger charge is 2.26. The van der Waals surface area contributed by atoms with E-state index >= 15 is 0 Å². The van der Waals surface area contributed by atoms with E-state index < -0.39 is 0 Å². The quantitative estimate of drug-likeness (QED) is 0.782. The van der Waals surface area contributed by atoms with Gasteiger partial charge in [0.25, 0.3) is 0 Å². The number of rotatable bonds is 4. The molecule has 1 aromatic carbocycles. The van der Waals surface area contributed by atoms with E-state index in [0.29, 0.717) is 11.5 Å². The van der Waals surface area contributed by atoms with E-state index in [4.69, 9.17) is 0 Å². The first kappa shape index (κ1) is 13.3. The lowest BCUT2D eigenvalue weighted by atomic mass is 9.77. The molecule has 0 aliphatic heterocycles. The fourth-order valence-corrected chi connectivity index (χ4v) is 2.93. The van der Waals surface area contributed by atoms with Gasteiger partial charge in [0, 0.05) is 12.3 Å². The number of carbonyl (C=O) groups excluding carboxylic acids is 1. The highest BCUT2D eigenvalue weighted by atomic mass is 19.1. The van der Waals surface area contributed by atoms with Crippen LogP contribution in [0.25, 0.3) is 0 Å². The van der Waals surface area contributed by atoms with Gasteiger partial charge in [0.15, 0.2) is 0 Å². The lowest BCUT2D eigenvalue weighted by Gasteiger charge is -2.27. The molecule has 0 bridgehead atoms. The molecule has 0 heterocycles. The summed E-state index contributed by atoms with van der Waals surface area (Å²) in [7, 11) is 0. The monoisotopic (exact) mass is 248 g/mol. The molecule has 0 amide bonds. The molecular formula is C16H21FO. The molecule has 2 rings (SSSR count). The zero-order valence-electron chi connectivity index (χ0n) is 11.0. The standard InChI is InChI=1S/C16H21FO/c1-2-12-6-5-8-14(10-12)16(18)11-13-7-3-4-9-15(13)17/h3-4,7,9,12,14H,2,5-6,8,10-11H2,1H3. The number of ketones is 1. The minimum Gasteiger partial charge on any atom is -0.299 e. The van der Waals surface area contributed by atoms with Crippen LogP contribution in [0.5, 0.6) is 0 Å². The Morgan fingerprint density at radius 2 is 2.11 bits per heavy atom. The van der Waals surface area contributed by atoms with Crippen molar-refractivity contribution in [1.82, 2.24) is 0 Å². The lowest BCUT2D eigenvalue weighted by molar-refractivity contribution is -0.123. The second kappa shape index (κ2) is 6.12. The van der Waals surface area contributed by atoms with Gasteiger partial charge in [-0.05, 0) is 30.4 Å². The third-order valence-electron chi connectivity index (χ3n) is 4.14. The average Bonchev–Trinajstić information content (AvgIpc) is 2.41. The summed E-state index contributed by atoms with van der Waals surface area (Å²) in [6.45, 7) is 2.19. The van der Waals surface area contributed by atoms with Crippen LogP contribution in [0.3, 0.4) is 0 Å². The number of Topliss-reactive ketones (excluding diaryl/α,β-unsaturated/α-hetero) is 1. The molecule has 1 fully saturated rings. The first-order valence-corrected chi connectivity index (χ1v) is 6.96. The Kier molecular flexibility index (Phi) is 4.51. The Morgan fingerprint density at radius 1 is 1.33 bits per heavy atom. The first-order chi connectivity index (χ1) is 8.70. The molecule has 1 aromatic rings. The molecule has 0 saturated heterocycles. The summed E-state index contributed by atoms with van der Waals surface area (Å²) >= 11 is 0. The maximum absolute atomic E-state index is 13.5. The fourth-order valence-electron chi connectivity index (χ4n) is 2.93. The van der Waals surface area contributed by atoms with Crippen LogP contribution < -0.4 is 0 Å². The Bertz CT molecular complexity index is 413. The molecule has 2 unspecified atom stereocenters. The van der Waals surface area contributed by atoms with E-state index in [1.54, 1.807) is 18.2 Å². The van der Waals surface area contributed by atoms with Gasteiger partial charge in [-0.3, -0.25) is 4.79 Å². The van der Waals surface area contributed by atoms with Crippen LogP contribution in [-0.2, 0) is 11.2 Å². The third-order valence-corrected chi connectivity index (χ3v) is 4.14. The summed E-state index contributed by atoms with van der Waals surface area (Å²) in [5.74, 6) is 0.809. The van der Waals surface area contributed by atoms with Gasteiger partial charge in [0.1, 0.15) is 11.6 Å². The lowest BCUT2D eigenvalue weighted by Crippen LogP contribution is -2.24. The van der Waals surface area contributed by atoms with E-state index in [1.165, 1.54) is 12.5 Å². The molecule has 0 radical (unpaired) electrons. The molecule has 2 atom stereocenters. The summed E-state index contributed by atoms with van der Waals surface area (Å²) in [5.41, 5.74) is 0.543.